The molecule has 0 saturated carbocycles. The molecule has 0 heterocycles. The van der Waals surface area contributed by atoms with Crippen LogP contribution in [0, 0.1) is 0 Å². The van der Waals surface area contributed by atoms with Crippen LogP contribution < -0.4 is 10.6 Å². The number of methoxy groups -OCH3 is 1. The molecule has 0 spiro atoms. The molecule has 1 amide bonds. The first-order valence-electron chi connectivity index (χ1n) is 7.38. The van der Waals surface area contributed by atoms with Gasteiger partial charge in [-0.3, -0.25) is 4.79 Å². The van der Waals surface area contributed by atoms with Crippen molar-refractivity contribution in [3.8, 4) is 0 Å². The maximum absolute atomic E-state index is 11.6. The zero-order chi connectivity index (χ0) is 16.2. The molecule has 1 rings (SSSR count). The van der Waals surface area contributed by atoms with Crippen molar-refractivity contribution < 1.29 is 9.53 Å². The predicted molar refractivity (Wildman–Crippen MR) is 89.0 cm³/mol. The monoisotopic (exact) mass is 306 g/mol. The molecule has 2 N–H and O–H groups in total. The number of rotatable bonds is 8. The Bertz CT molecular complexity index is 460. The van der Waals surface area contributed by atoms with Crippen molar-refractivity contribution in [2.75, 3.05) is 47.4 Å². The van der Waals surface area contributed by atoms with Gasteiger partial charge in [0.1, 0.15) is 6.54 Å². The van der Waals surface area contributed by atoms with Crippen LogP contribution in [0.4, 0.5) is 0 Å². The van der Waals surface area contributed by atoms with Gasteiger partial charge in [-0.2, -0.15) is 0 Å². The molecule has 1 aromatic carbocycles. The van der Waals surface area contributed by atoms with Crippen LogP contribution in [-0.2, 0) is 16.0 Å². The number of carbonyl (C=O) groups is 1. The number of aliphatic imine (C=N–C) groups is 1. The number of benzene rings is 1. The molecule has 0 unspecified atom stereocenters. The Morgan fingerprint density at radius 2 is 1.86 bits per heavy atom. The summed E-state index contributed by atoms with van der Waals surface area (Å²) in [5.74, 6) is 0.596. The molecule has 0 aliphatic heterocycles. The topological polar surface area (TPSA) is 66.0 Å². The van der Waals surface area contributed by atoms with Gasteiger partial charge in [0.25, 0.3) is 0 Å². The molecule has 0 bridgehead atoms. The lowest BCUT2D eigenvalue weighted by atomic mass is 10.1. The van der Waals surface area contributed by atoms with E-state index in [1.807, 2.05) is 18.2 Å². The van der Waals surface area contributed by atoms with E-state index in [0.717, 1.165) is 13.0 Å². The summed E-state index contributed by atoms with van der Waals surface area (Å²) in [5.41, 5.74) is 1.26. The van der Waals surface area contributed by atoms with E-state index in [0.29, 0.717) is 19.1 Å². The van der Waals surface area contributed by atoms with Crippen molar-refractivity contribution >= 4 is 11.9 Å². The first-order chi connectivity index (χ1) is 10.6. The standard InChI is InChI=1S/C16H26N4O2/c1-20(2)15(21)13-19-16(18-11-12-22-3)17-10-9-14-7-5-4-6-8-14/h4-8H,9-13H2,1-3H3,(H2,17,18,19). The zero-order valence-electron chi connectivity index (χ0n) is 13.6. The van der Waals surface area contributed by atoms with Crippen LogP contribution in [0.5, 0.6) is 0 Å². The minimum absolute atomic E-state index is 0.0316. The van der Waals surface area contributed by atoms with Gasteiger partial charge >= 0.3 is 0 Å². The molecule has 6 nitrogen and oxygen atoms in total. The van der Waals surface area contributed by atoms with Gasteiger partial charge < -0.3 is 20.3 Å². The fourth-order valence-corrected chi connectivity index (χ4v) is 1.70. The van der Waals surface area contributed by atoms with Gasteiger partial charge in [-0.05, 0) is 12.0 Å². The Morgan fingerprint density at radius 3 is 2.50 bits per heavy atom. The second-order valence-electron chi connectivity index (χ2n) is 5.03. The predicted octanol–water partition coefficient (Wildman–Crippen LogP) is 0.499. The number of ether oxygens (including phenoxy) is 1. The molecule has 0 aliphatic carbocycles. The molecular formula is C16H26N4O2. The van der Waals surface area contributed by atoms with Crippen molar-refractivity contribution in [1.82, 2.24) is 15.5 Å². The number of likely N-dealkylation sites (N-methyl/N-ethyl adjacent to an activating group) is 1. The van der Waals surface area contributed by atoms with Crippen LogP contribution in [0.15, 0.2) is 35.3 Å². The number of guanidine groups is 1. The number of hydrogen-bond donors (Lipinski definition) is 2. The molecule has 6 heteroatoms. The number of nitrogens with zero attached hydrogens (tertiary/aromatic N) is 2. The fourth-order valence-electron chi connectivity index (χ4n) is 1.70. The van der Waals surface area contributed by atoms with Gasteiger partial charge in [-0.1, -0.05) is 30.3 Å². The highest BCUT2D eigenvalue weighted by atomic mass is 16.5. The molecule has 0 aliphatic rings. The smallest absolute Gasteiger partial charge is 0.243 e. The third kappa shape index (κ3) is 7.64. The SMILES string of the molecule is COCCNC(=NCC(=O)N(C)C)NCCc1ccccc1. The van der Waals surface area contributed by atoms with Gasteiger partial charge in [-0.25, -0.2) is 4.99 Å². The summed E-state index contributed by atoms with van der Waals surface area (Å²) in [6.07, 6.45) is 0.896. The maximum atomic E-state index is 11.6. The summed E-state index contributed by atoms with van der Waals surface area (Å²) < 4.78 is 5.01. The Labute approximate surface area is 132 Å². The van der Waals surface area contributed by atoms with Crippen molar-refractivity contribution in [3.63, 3.8) is 0 Å². The highest BCUT2D eigenvalue weighted by Crippen LogP contribution is 1.98. The molecule has 122 valence electrons. The van der Waals surface area contributed by atoms with E-state index >= 15 is 0 Å². The number of hydrogen-bond acceptors (Lipinski definition) is 3. The van der Waals surface area contributed by atoms with Crippen LogP contribution in [0.25, 0.3) is 0 Å². The van der Waals surface area contributed by atoms with Crippen LogP contribution in [-0.4, -0.2) is 64.2 Å². The van der Waals surface area contributed by atoms with Crippen LogP contribution in [0.2, 0.25) is 0 Å². The van der Waals surface area contributed by atoms with E-state index < -0.39 is 0 Å². The van der Waals surface area contributed by atoms with E-state index in [2.05, 4.69) is 27.8 Å². The number of amides is 1. The molecular weight excluding hydrogens is 280 g/mol. The first-order valence-corrected chi connectivity index (χ1v) is 7.38. The van der Waals surface area contributed by atoms with E-state index in [4.69, 9.17) is 4.74 Å². The highest BCUT2D eigenvalue weighted by molar-refractivity contribution is 5.84. The molecule has 0 radical (unpaired) electrons. The third-order valence-electron chi connectivity index (χ3n) is 3.02. The molecule has 0 saturated heterocycles. The normalized spacial score (nSPS) is 11.1. The van der Waals surface area contributed by atoms with Crippen molar-refractivity contribution in [2.24, 2.45) is 4.99 Å². The lowest BCUT2D eigenvalue weighted by Crippen LogP contribution is -2.40. The summed E-state index contributed by atoms with van der Waals surface area (Å²) >= 11 is 0. The van der Waals surface area contributed by atoms with Crippen LogP contribution in [0.3, 0.4) is 0 Å². The largest absolute Gasteiger partial charge is 0.383 e. The van der Waals surface area contributed by atoms with Gasteiger partial charge in [0.05, 0.1) is 6.61 Å². The third-order valence-corrected chi connectivity index (χ3v) is 3.02. The lowest BCUT2D eigenvalue weighted by molar-refractivity contribution is -0.127. The Balaban J connectivity index is 2.46. The quantitative estimate of drug-likeness (QED) is 0.417. The Kier molecular flexibility index (Phi) is 8.67. The minimum atomic E-state index is -0.0316. The van der Waals surface area contributed by atoms with E-state index in [-0.39, 0.29) is 12.5 Å². The van der Waals surface area contributed by atoms with Crippen molar-refractivity contribution in [3.05, 3.63) is 35.9 Å². The minimum Gasteiger partial charge on any atom is -0.383 e. The van der Waals surface area contributed by atoms with E-state index in [1.165, 1.54) is 10.5 Å². The highest BCUT2D eigenvalue weighted by Gasteiger charge is 2.04. The van der Waals surface area contributed by atoms with E-state index in [1.54, 1.807) is 21.2 Å². The summed E-state index contributed by atoms with van der Waals surface area (Å²) in [6, 6.07) is 10.2. The summed E-state index contributed by atoms with van der Waals surface area (Å²) in [7, 11) is 5.09. The second kappa shape index (κ2) is 10.6. The van der Waals surface area contributed by atoms with Gasteiger partial charge in [0.2, 0.25) is 5.91 Å². The summed E-state index contributed by atoms with van der Waals surface area (Å²) in [4.78, 5) is 17.4. The fraction of sp³-hybridized carbons (Fsp3) is 0.500. The van der Waals surface area contributed by atoms with E-state index in [9.17, 15) is 4.79 Å². The van der Waals surface area contributed by atoms with Crippen LogP contribution >= 0.6 is 0 Å². The molecule has 0 aromatic heterocycles. The van der Waals surface area contributed by atoms with Crippen molar-refractivity contribution in [1.29, 1.82) is 0 Å². The number of carbonyl (C=O) groups excluding carboxylic acids is 1. The number of nitrogens with one attached hydrogen (secondary N) is 2. The van der Waals surface area contributed by atoms with Gasteiger partial charge in [0, 0.05) is 34.3 Å². The summed E-state index contributed by atoms with van der Waals surface area (Å²) in [6.45, 7) is 2.10. The Hall–Kier alpha value is -2.08. The van der Waals surface area contributed by atoms with Gasteiger partial charge in [-0.15, -0.1) is 0 Å². The lowest BCUT2D eigenvalue weighted by Gasteiger charge is -2.13. The molecule has 1 aromatic rings. The molecule has 22 heavy (non-hydrogen) atoms. The van der Waals surface area contributed by atoms with Gasteiger partial charge in [0.15, 0.2) is 5.96 Å². The average Bonchev–Trinajstić information content (AvgIpc) is 2.52. The first kappa shape index (κ1) is 18.0. The Morgan fingerprint density at radius 1 is 1.18 bits per heavy atom. The molecule has 0 atom stereocenters. The zero-order valence-corrected chi connectivity index (χ0v) is 13.6. The summed E-state index contributed by atoms with van der Waals surface area (Å²) in [5, 5.41) is 6.38. The maximum Gasteiger partial charge on any atom is 0.243 e. The van der Waals surface area contributed by atoms with Crippen LogP contribution in [0.1, 0.15) is 5.56 Å². The average molecular weight is 306 g/mol. The second-order valence-corrected chi connectivity index (χ2v) is 5.03. The van der Waals surface area contributed by atoms with Crippen molar-refractivity contribution in [2.45, 2.75) is 6.42 Å². The molecule has 0 fully saturated rings.